The summed E-state index contributed by atoms with van der Waals surface area (Å²) in [5.74, 6) is -0.931. The SMILES string of the molecule is NC(COc1ccc2nnnn2n1)C(=O)O. The number of tetrazole rings is 1. The lowest BCUT2D eigenvalue weighted by Crippen LogP contribution is -2.36. The van der Waals surface area contributed by atoms with Crippen LogP contribution in [0.15, 0.2) is 12.1 Å². The van der Waals surface area contributed by atoms with Crippen molar-refractivity contribution in [2.24, 2.45) is 5.73 Å². The van der Waals surface area contributed by atoms with Gasteiger partial charge in [0.2, 0.25) is 5.88 Å². The average molecular weight is 224 g/mol. The lowest BCUT2D eigenvalue weighted by molar-refractivity contribution is -0.139. The summed E-state index contributed by atoms with van der Waals surface area (Å²) in [7, 11) is 0. The normalized spacial score (nSPS) is 12.6. The van der Waals surface area contributed by atoms with Crippen molar-refractivity contribution >= 4 is 11.6 Å². The lowest BCUT2D eigenvalue weighted by atomic mass is 10.3. The number of nitrogens with two attached hydrogens (primary N) is 1. The van der Waals surface area contributed by atoms with Gasteiger partial charge in [0.05, 0.1) is 0 Å². The second-order valence-corrected chi connectivity index (χ2v) is 2.95. The maximum absolute atomic E-state index is 10.4. The Labute approximate surface area is 88.8 Å². The monoisotopic (exact) mass is 224 g/mol. The van der Waals surface area contributed by atoms with E-state index in [0.717, 1.165) is 0 Å². The van der Waals surface area contributed by atoms with Crippen LogP contribution >= 0.6 is 0 Å². The number of hydrogen-bond donors (Lipinski definition) is 2. The maximum Gasteiger partial charge on any atom is 0.324 e. The van der Waals surface area contributed by atoms with Crippen molar-refractivity contribution in [3.63, 3.8) is 0 Å². The van der Waals surface area contributed by atoms with E-state index in [4.69, 9.17) is 15.6 Å². The molecule has 16 heavy (non-hydrogen) atoms. The number of aliphatic carboxylic acids is 1. The molecule has 0 spiro atoms. The molecule has 0 aliphatic heterocycles. The van der Waals surface area contributed by atoms with Crippen LogP contribution < -0.4 is 10.5 Å². The van der Waals surface area contributed by atoms with E-state index < -0.39 is 12.0 Å². The standard InChI is InChI=1S/C7H8N6O3/c8-4(7(14)15)3-16-6-2-1-5-9-11-12-13(5)10-6/h1-2,4H,3,8H2,(H,14,15). The second kappa shape index (κ2) is 4.06. The molecule has 0 radical (unpaired) electrons. The molecule has 1 atom stereocenters. The highest BCUT2D eigenvalue weighted by molar-refractivity contribution is 5.73. The largest absolute Gasteiger partial charge is 0.480 e. The molecule has 2 aromatic rings. The van der Waals surface area contributed by atoms with Gasteiger partial charge in [0, 0.05) is 6.07 Å². The number of aromatic nitrogens is 5. The van der Waals surface area contributed by atoms with Crippen LogP contribution in [-0.4, -0.2) is 49.0 Å². The third-order valence-corrected chi connectivity index (χ3v) is 1.77. The summed E-state index contributed by atoms with van der Waals surface area (Å²) in [6.07, 6.45) is 0. The summed E-state index contributed by atoms with van der Waals surface area (Å²) in [4.78, 5) is 10.4. The molecule has 3 N–H and O–H groups in total. The lowest BCUT2D eigenvalue weighted by Gasteiger charge is -2.07. The van der Waals surface area contributed by atoms with Gasteiger partial charge in [-0.05, 0) is 16.5 Å². The third-order valence-electron chi connectivity index (χ3n) is 1.77. The summed E-state index contributed by atoms with van der Waals surface area (Å²) >= 11 is 0. The van der Waals surface area contributed by atoms with Gasteiger partial charge in [-0.1, -0.05) is 0 Å². The van der Waals surface area contributed by atoms with E-state index in [2.05, 4.69) is 20.6 Å². The molecule has 2 rings (SSSR count). The van der Waals surface area contributed by atoms with Crippen LogP contribution in [0.4, 0.5) is 0 Å². The molecule has 0 aliphatic carbocycles. The summed E-state index contributed by atoms with van der Waals surface area (Å²) < 4.78 is 6.24. The van der Waals surface area contributed by atoms with Crippen molar-refractivity contribution in [2.45, 2.75) is 6.04 Å². The van der Waals surface area contributed by atoms with Gasteiger partial charge in [0.15, 0.2) is 5.65 Å². The van der Waals surface area contributed by atoms with Gasteiger partial charge in [-0.3, -0.25) is 4.79 Å². The van der Waals surface area contributed by atoms with Gasteiger partial charge in [-0.25, -0.2) is 0 Å². The van der Waals surface area contributed by atoms with E-state index in [0.29, 0.717) is 5.65 Å². The first-order chi connectivity index (χ1) is 7.66. The highest BCUT2D eigenvalue weighted by atomic mass is 16.5. The molecule has 0 saturated heterocycles. The molecule has 2 aromatic heterocycles. The molecule has 0 fully saturated rings. The van der Waals surface area contributed by atoms with E-state index in [1.54, 1.807) is 6.07 Å². The molecule has 0 saturated carbocycles. The fourth-order valence-corrected chi connectivity index (χ4v) is 0.957. The van der Waals surface area contributed by atoms with Crippen molar-refractivity contribution < 1.29 is 14.6 Å². The predicted octanol–water partition coefficient (Wildman–Crippen LogP) is -1.69. The molecule has 0 aromatic carbocycles. The van der Waals surface area contributed by atoms with Crippen LogP contribution in [0, 0.1) is 0 Å². The average Bonchev–Trinajstić information content (AvgIpc) is 2.72. The highest BCUT2D eigenvalue weighted by Gasteiger charge is 2.12. The molecular formula is C7H8N6O3. The number of carboxylic acid groups (broad SMARTS) is 1. The summed E-state index contributed by atoms with van der Waals surface area (Å²) in [6, 6.07) is 2.03. The highest BCUT2D eigenvalue weighted by Crippen LogP contribution is 2.05. The number of ether oxygens (including phenoxy) is 1. The number of nitrogens with zero attached hydrogens (tertiary/aromatic N) is 5. The summed E-state index contributed by atoms with van der Waals surface area (Å²) in [6.45, 7) is -0.171. The van der Waals surface area contributed by atoms with Crippen LogP contribution in [0.1, 0.15) is 0 Å². The molecule has 9 nitrogen and oxygen atoms in total. The number of carboxylic acids is 1. The topological polar surface area (TPSA) is 129 Å². The molecule has 0 aliphatic rings. The Bertz CT molecular complexity index is 512. The van der Waals surface area contributed by atoms with E-state index in [1.165, 1.54) is 10.7 Å². The minimum absolute atomic E-state index is 0.171. The van der Waals surface area contributed by atoms with E-state index in [1.807, 2.05) is 0 Å². The molecule has 0 bridgehead atoms. The molecule has 9 heteroatoms. The van der Waals surface area contributed by atoms with Gasteiger partial charge in [-0.15, -0.1) is 14.8 Å². The fraction of sp³-hybridized carbons (Fsp3) is 0.286. The Morgan fingerprint density at radius 3 is 3.19 bits per heavy atom. The minimum atomic E-state index is -1.14. The number of carbonyl (C=O) groups is 1. The summed E-state index contributed by atoms with van der Waals surface area (Å²) in [5, 5.41) is 23.0. The number of hydrogen-bond acceptors (Lipinski definition) is 7. The van der Waals surface area contributed by atoms with Crippen LogP contribution in [-0.2, 0) is 4.79 Å². The first-order valence-electron chi connectivity index (χ1n) is 4.33. The number of fused-ring (bicyclic) bond motifs is 1. The Morgan fingerprint density at radius 2 is 2.44 bits per heavy atom. The number of rotatable bonds is 4. The van der Waals surface area contributed by atoms with Gasteiger partial charge in [0.25, 0.3) is 0 Å². The molecular weight excluding hydrogens is 216 g/mol. The van der Waals surface area contributed by atoms with E-state index in [9.17, 15) is 4.79 Å². The van der Waals surface area contributed by atoms with E-state index in [-0.39, 0.29) is 12.5 Å². The Balaban J connectivity index is 2.06. The predicted molar refractivity (Wildman–Crippen MR) is 49.7 cm³/mol. The zero-order valence-corrected chi connectivity index (χ0v) is 8.02. The van der Waals surface area contributed by atoms with Gasteiger partial charge in [-0.2, -0.15) is 0 Å². The zero-order chi connectivity index (χ0) is 11.5. The summed E-state index contributed by atoms with van der Waals surface area (Å²) in [5.41, 5.74) is 5.73. The molecule has 1 unspecified atom stereocenters. The Kier molecular flexibility index (Phi) is 2.60. The molecule has 84 valence electrons. The first kappa shape index (κ1) is 10.2. The maximum atomic E-state index is 10.4. The van der Waals surface area contributed by atoms with Crippen LogP contribution in [0.25, 0.3) is 5.65 Å². The minimum Gasteiger partial charge on any atom is -0.480 e. The van der Waals surface area contributed by atoms with Crippen molar-refractivity contribution in [1.82, 2.24) is 25.3 Å². The zero-order valence-electron chi connectivity index (χ0n) is 8.02. The van der Waals surface area contributed by atoms with Crippen LogP contribution in [0.3, 0.4) is 0 Å². The van der Waals surface area contributed by atoms with Crippen LogP contribution in [0.2, 0.25) is 0 Å². The first-order valence-corrected chi connectivity index (χ1v) is 4.33. The van der Waals surface area contributed by atoms with Crippen molar-refractivity contribution in [3.05, 3.63) is 12.1 Å². The van der Waals surface area contributed by atoms with Crippen LogP contribution in [0.5, 0.6) is 5.88 Å². The quantitative estimate of drug-likeness (QED) is 0.629. The fourth-order valence-electron chi connectivity index (χ4n) is 0.957. The molecule has 2 heterocycles. The van der Waals surface area contributed by atoms with Gasteiger partial charge >= 0.3 is 5.97 Å². The molecule has 0 amide bonds. The van der Waals surface area contributed by atoms with E-state index >= 15 is 0 Å². The smallest absolute Gasteiger partial charge is 0.324 e. The second-order valence-electron chi connectivity index (χ2n) is 2.95. The van der Waals surface area contributed by atoms with Gasteiger partial charge in [0.1, 0.15) is 12.6 Å². The Morgan fingerprint density at radius 1 is 1.62 bits per heavy atom. The van der Waals surface area contributed by atoms with Crippen molar-refractivity contribution in [2.75, 3.05) is 6.61 Å². The third kappa shape index (κ3) is 2.03. The Hall–Kier alpha value is -2.29. The van der Waals surface area contributed by atoms with Crippen molar-refractivity contribution in [3.8, 4) is 5.88 Å². The van der Waals surface area contributed by atoms with Gasteiger partial charge < -0.3 is 15.6 Å². The van der Waals surface area contributed by atoms with Crippen molar-refractivity contribution in [1.29, 1.82) is 0 Å².